The number of hydrogen-bond donors (Lipinski definition) is 0. The second-order valence-corrected chi connectivity index (χ2v) is 7.95. The quantitative estimate of drug-likeness (QED) is 0.610. The van der Waals surface area contributed by atoms with Crippen LogP contribution in [0.25, 0.3) is 0 Å². The Morgan fingerprint density at radius 3 is 2.71 bits per heavy atom. The summed E-state index contributed by atoms with van der Waals surface area (Å²) < 4.78 is 7.32. The highest BCUT2D eigenvalue weighted by Crippen LogP contribution is 2.27. The van der Waals surface area contributed by atoms with Gasteiger partial charge in [-0.15, -0.1) is 16.4 Å². The maximum absolute atomic E-state index is 5.37. The lowest BCUT2D eigenvalue weighted by molar-refractivity contribution is 0.169. The fourth-order valence-electron chi connectivity index (χ4n) is 3.82. The first-order valence-corrected chi connectivity index (χ1v) is 10.6. The highest BCUT2D eigenvalue weighted by Gasteiger charge is 2.28. The van der Waals surface area contributed by atoms with Gasteiger partial charge in [0.15, 0.2) is 5.82 Å². The van der Waals surface area contributed by atoms with Crippen LogP contribution in [0.4, 0.5) is 5.69 Å². The summed E-state index contributed by atoms with van der Waals surface area (Å²) >= 11 is 1.74. The predicted octanol–water partition coefficient (Wildman–Crippen LogP) is 3.06. The zero-order valence-corrected chi connectivity index (χ0v) is 17.2. The van der Waals surface area contributed by atoms with Crippen LogP contribution < -0.4 is 9.64 Å². The maximum Gasteiger partial charge on any atom is 0.168 e. The Balaban J connectivity index is 1.44. The van der Waals surface area contributed by atoms with Crippen molar-refractivity contribution in [3.05, 3.63) is 52.5 Å². The minimum absolute atomic E-state index is 0.238. The number of anilines is 1. The minimum atomic E-state index is 0.238. The van der Waals surface area contributed by atoms with Gasteiger partial charge in [0, 0.05) is 42.8 Å². The third-order valence-electron chi connectivity index (χ3n) is 5.30. The van der Waals surface area contributed by atoms with Gasteiger partial charge in [-0.1, -0.05) is 19.1 Å². The molecule has 2 aromatic heterocycles. The van der Waals surface area contributed by atoms with Gasteiger partial charge in [0.1, 0.15) is 5.75 Å². The van der Waals surface area contributed by atoms with Gasteiger partial charge < -0.3 is 9.64 Å². The van der Waals surface area contributed by atoms with Gasteiger partial charge in [-0.05, 0) is 40.4 Å². The molecule has 1 saturated heterocycles. The van der Waals surface area contributed by atoms with E-state index >= 15 is 0 Å². The molecule has 3 heterocycles. The lowest BCUT2D eigenvalue weighted by Gasteiger charge is -2.39. The summed E-state index contributed by atoms with van der Waals surface area (Å²) in [7, 11) is 1.71. The molecule has 4 rings (SSSR count). The first kappa shape index (κ1) is 18.9. The summed E-state index contributed by atoms with van der Waals surface area (Å²) in [6.07, 6.45) is 0.990. The lowest BCUT2D eigenvalue weighted by atomic mass is 10.1. The Labute approximate surface area is 169 Å². The molecule has 0 amide bonds. The smallest absolute Gasteiger partial charge is 0.168 e. The van der Waals surface area contributed by atoms with Crippen molar-refractivity contribution in [3.8, 4) is 5.75 Å². The number of ether oxygens (including phenoxy) is 1. The van der Waals surface area contributed by atoms with Gasteiger partial charge in [0.25, 0.3) is 0 Å². The summed E-state index contributed by atoms with van der Waals surface area (Å²) in [4.78, 5) is 6.19. The van der Waals surface area contributed by atoms with Crippen LogP contribution in [0.2, 0.25) is 0 Å². The number of methoxy groups -OCH3 is 1. The second-order valence-electron chi connectivity index (χ2n) is 6.92. The zero-order valence-electron chi connectivity index (χ0n) is 16.4. The summed E-state index contributed by atoms with van der Waals surface area (Å²) in [6, 6.07) is 12.7. The van der Waals surface area contributed by atoms with Gasteiger partial charge in [-0.2, -0.15) is 0 Å². The van der Waals surface area contributed by atoms with Crippen LogP contribution >= 0.6 is 11.3 Å². The van der Waals surface area contributed by atoms with E-state index in [1.165, 1.54) is 10.6 Å². The number of aromatic nitrogens is 4. The third kappa shape index (κ3) is 4.02. The molecule has 0 spiro atoms. The molecule has 1 aliphatic heterocycles. The number of tetrazole rings is 1. The molecule has 3 aromatic rings. The Morgan fingerprint density at radius 1 is 1.14 bits per heavy atom. The molecule has 1 fully saturated rings. The van der Waals surface area contributed by atoms with E-state index in [1.807, 2.05) is 16.8 Å². The SMILES string of the molecule is CC[C@H](c1nnnn1Cc1cccs1)N1CCN(c2cccc(OC)c2)CC1. The molecule has 0 N–H and O–H groups in total. The van der Waals surface area contributed by atoms with Gasteiger partial charge in [-0.3, -0.25) is 4.90 Å². The summed E-state index contributed by atoms with van der Waals surface area (Å²) in [6.45, 7) is 6.89. The van der Waals surface area contributed by atoms with Crippen LogP contribution in [0.5, 0.6) is 5.75 Å². The molecule has 0 unspecified atom stereocenters. The largest absolute Gasteiger partial charge is 0.497 e. The van der Waals surface area contributed by atoms with Crippen LogP contribution in [-0.2, 0) is 6.54 Å². The summed E-state index contributed by atoms with van der Waals surface area (Å²) in [5.41, 5.74) is 1.22. The number of hydrogen-bond acceptors (Lipinski definition) is 7. The van der Waals surface area contributed by atoms with E-state index in [1.54, 1.807) is 18.4 Å². The van der Waals surface area contributed by atoms with E-state index in [4.69, 9.17) is 4.74 Å². The van der Waals surface area contributed by atoms with Crippen molar-refractivity contribution in [2.45, 2.75) is 25.9 Å². The molecule has 148 valence electrons. The minimum Gasteiger partial charge on any atom is -0.497 e. The molecule has 0 radical (unpaired) electrons. The van der Waals surface area contributed by atoms with E-state index in [0.29, 0.717) is 0 Å². The second kappa shape index (κ2) is 8.70. The molecule has 28 heavy (non-hydrogen) atoms. The first-order chi connectivity index (χ1) is 13.8. The molecule has 1 aromatic carbocycles. The number of piperazine rings is 1. The van der Waals surface area contributed by atoms with Gasteiger partial charge >= 0.3 is 0 Å². The normalized spacial score (nSPS) is 16.3. The van der Waals surface area contributed by atoms with E-state index in [-0.39, 0.29) is 6.04 Å². The Kier molecular flexibility index (Phi) is 5.87. The Hall–Kier alpha value is -2.45. The van der Waals surface area contributed by atoms with Crippen LogP contribution in [0.3, 0.4) is 0 Å². The Morgan fingerprint density at radius 2 is 2.00 bits per heavy atom. The van der Waals surface area contributed by atoms with Crippen molar-refractivity contribution >= 4 is 17.0 Å². The van der Waals surface area contributed by atoms with Crippen LogP contribution in [0.15, 0.2) is 41.8 Å². The molecule has 8 heteroatoms. The van der Waals surface area contributed by atoms with E-state index in [0.717, 1.165) is 50.7 Å². The number of rotatable bonds is 7. The average molecular weight is 399 g/mol. The van der Waals surface area contributed by atoms with Crippen LogP contribution in [0.1, 0.15) is 30.1 Å². The van der Waals surface area contributed by atoms with Crippen LogP contribution in [-0.4, -0.2) is 58.4 Å². The molecule has 7 nitrogen and oxygen atoms in total. The van der Waals surface area contributed by atoms with E-state index in [2.05, 4.69) is 61.9 Å². The number of thiophene rings is 1. The molecular formula is C20H26N6OS. The topological polar surface area (TPSA) is 59.3 Å². The molecule has 0 aliphatic carbocycles. The van der Waals surface area contributed by atoms with Crippen molar-refractivity contribution in [3.63, 3.8) is 0 Å². The molecular weight excluding hydrogens is 372 g/mol. The fourth-order valence-corrected chi connectivity index (χ4v) is 4.50. The standard InChI is InChI=1S/C20H26N6OS/c1-3-19(20-21-22-23-26(20)15-18-8-5-13-28-18)25-11-9-24(10-12-25)16-6-4-7-17(14-16)27-2/h4-8,13-14,19H,3,9-12,15H2,1-2H3/t19-/m1/s1. The van der Waals surface area contributed by atoms with Crippen molar-refractivity contribution in [2.24, 2.45) is 0 Å². The number of nitrogens with zero attached hydrogens (tertiary/aromatic N) is 6. The fraction of sp³-hybridized carbons (Fsp3) is 0.450. The monoisotopic (exact) mass is 398 g/mol. The number of benzene rings is 1. The average Bonchev–Trinajstić information content (AvgIpc) is 3.42. The predicted molar refractivity (Wildman–Crippen MR) is 111 cm³/mol. The Bertz CT molecular complexity index is 872. The zero-order chi connectivity index (χ0) is 19.3. The third-order valence-corrected chi connectivity index (χ3v) is 6.16. The van der Waals surface area contributed by atoms with E-state index in [9.17, 15) is 0 Å². The van der Waals surface area contributed by atoms with Gasteiger partial charge in [0.2, 0.25) is 0 Å². The summed E-state index contributed by atoms with van der Waals surface area (Å²) in [5.74, 6) is 1.87. The first-order valence-electron chi connectivity index (χ1n) is 9.70. The molecule has 0 bridgehead atoms. The maximum atomic E-state index is 5.37. The highest BCUT2D eigenvalue weighted by molar-refractivity contribution is 7.09. The van der Waals surface area contributed by atoms with Crippen LogP contribution in [0, 0.1) is 0 Å². The van der Waals surface area contributed by atoms with Gasteiger partial charge in [0.05, 0.1) is 19.7 Å². The summed E-state index contributed by atoms with van der Waals surface area (Å²) in [5, 5.41) is 14.7. The molecule has 0 saturated carbocycles. The molecule has 1 atom stereocenters. The lowest BCUT2D eigenvalue weighted by Crippen LogP contribution is -2.48. The van der Waals surface area contributed by atoms with Crippen molar-refractivity contribution in [1.29, 1.82) is 0 Å². The molecule has 1 aliphatic rings. The van der Waals surface area contributed by atoms with Crippen molar-refractivity contribution in [1.82, 2.24) is 25.1 Å². The van der Waals surface area contributed by atoms with Crippen molar-refractivity contribution in [2.75, 3.05) is 38.2 Å². The van der Waals surface area contributed by atoms with E-state index < -0.39 is 0 Å². The van der Waals surface area contributed by atoms with Gasteiger partial charge in [-0.25, -0.2) is 4.68 Å². The highest BCUT2D eigenvalue weighted by atomic mass is 32.1. The van der Waals surface area contributed by atoms with Crippen molar-refractivity contribution < 1.29 is 4.74 Å².